The first kappa shape index (κ1) is 31.0. The second-order valence-corrected chi connectivity index (χ2v) is 12.4. The van der Waals surface area contributed by atoms with Crippen molar-refractivity contribution in [1.82, 2.24) is 9.80 Å². The minimum atomic E-state index is -4.87. The quantitative estimate of drug-likeness (QED) is 0.293. The van der Waals surface area contributed by atoms with E-state index >= 15 is 0 Å². The average molecular weight is 608 g/mol. The van der Waals surface area contributed by atoms with Gasteiger partial charge in [0.2, 0.25) is 5.78 Å². The van der Waals surface area contributed by atoms with Gasteiger partial charge in [0.15, 0.2) is 11.4 Å². The number of phenols is 1. The lowest BCUT2D eigenvalue weighted by molar-refractivity contribution is -0.153. The molecule has 5 rings (SSSR count). The Morgan fingerprint density at radius 2 is 1.81 bits per heavy atom. The smallest absolute Gasteiger partial charge is 0.417 e. The standard InChI is InChI=1S/C30H36F3N3O7/c1-4-36(11-13-6-5-7-13)12-15-10-18(37)20-16(22(15)30(31,32)33)8-14-9-17-23(35(2)3)25(39)21(28(34)42)27(41)29(17,43)26(40)19(14)24(20)38/h10,13-14,17,23,37-38,41,43H,4-9,11-12H2,1-3H3,(H2,34,42)/t14-,17-,23-,29-/m0/s1. The van der Waals surface area contributed by atoms with E-state index in [1.54, 1.807) is 0 Å². The fourth-order valence-corrected chi connectivity index (χ4v) is 7.45. The highest BCUT2D eigenvalue weighted by Gasteiger charge is 2.64. The molecule has 1 amide bonds. The number of aliphatic hydroxyl groups excluding tert-OH is 2. The number of likely N-dealkylation sites (N-methyl/N-ethyl adjacent to an activating group) is 1. The molecular formula is C30H36F3N3O7. The van der Waals surface area contributed by atoms with Gasteiger partial charge in [-0.1, -0.05) is 13.3 Å². The number of hydrogen-bond donors (Lipinski definition) is 5. The highest BCUT2D eigenvalue weighted by atomic mass is 19.4. The van der Waals surface area contributed by atoms with E-state index in [9.17, 15) is 48.0 Å². The van der Waals surface area contributed by atoms with Crippen LogP contribution in [0.5, 0.6) is 5.75 Å². The molecule has 0 aromatic heterocycles. The minimum Gasteiger partial charge on any atom is -0.508 e. The zero-order valence-electron chi connectivity index (χ0n) is 24.2. The lowest BCUT2D eigenvalue weighted by atomic mass is 9.57. The summed E-state index contributed by atoms with van der Waals surface area (Å²) in [6.45, 7) is 2.86. The Hall–Kier alpha value is -3.42. The number of ketones is 2. The van der Waals surface area contributed by atoms with Gasteiger partial charge < -0.3 is 26.2 Å². The third-order valence-corrected chi connectivity index (χ3v) is 9.67. The van der Waals surface area contributed by atoms with Crippen molar-refractivity contribution in [1.29, 1.82) is 0 Å². The molecule has 13 heteroatoms. The molecule has 4 atom stereocenters. The summed E-state index contributed by atoms with van der Waals surface area (Å²) in [4.78, 5) is 42.5. The average Bonchev–Trinajstić information content (AvgIpc) is 2.86. The number of Topliss-reactive ketones (excluding diaryl/α,β-unsaturated/α-hetero) is 2. The van der Waals surface area contributed by atoms with E-state index in [1.807, 2.05) is 11.8 Å². The zero-order chi connectivity index (χ0) is 31.8. The van der Waals surface area contributed by atoms with Crippen LogP contribution in [0.2, 0.25) is 0 Å². The van der Waals surface area contributed by atoms with Crippen molar-refractivity contribution in [2.75, 3.05) is 27.2 Å². The Morgan fingerprint density at radius 3 is 2.33 bits per heavy atom. The Bertz CT molecular complexity index is 1460. The lowest BCUT2D eigenvalue weighted by Gasteiger charge is -2.50. The van der Waals surface area contributed by atoms with Crippen LogP contribution in [0.1, 0.15) is 54.9 Å². The molecule has 0 spiro atoms. The first-order valence-corrected chi connectivity index (χ1v) is 14.4. The molecule has 0 aliphatic heterocycles. The number of primary amides is 1. The molecule has 6 N–H and O–H groups in total. The summed E-state index contributed by atoms with van der Waals surface area (Å²) < 4.78 is 44.3. The first-order chi connectivity index (χ1) is 20.0. The number of rotatable bonds is 7. The fraction of sp³-hybridized carbons (Fsp3) is 0.567. The fourth-order valence-electron chi connectivity index (χ4n) is 7.45. The van der Waals surface area contributed by atoms with Crippen molar-refractivity contribution >= 4 is 23.2 Å². The van der Waals surface area contributed by atoms with Crippen molar-refractivity contribution in [2.24, 2.45) is 23.5 Å². The molecule has 10 nitrogen and oxygen atoms in total. The molecule has 0 unspecified atom stereocenters. The molecule has 0 heterocycles. The van der Waals surface area contributed by atoms with Gasteiger partial charge in [0.1, 0.15) is 22.8 Å². The number of aromatic hydroxyl groups is 1. The number of fused-ring (bicyclic) bond motifs is 3. The van der Waals surface area contributed by atoms with E-state index in [-0.39, 0.29) is 24.1 Å². The Kier molecular flexibility index (Phi) is 7.67. The molecule has 1 aromatic carbocycles. The number of halogens is 3. The maximum Gasteiger partial charge on any atom is 0.417 e. The number of aliphatic hydroxyl groups is 3. The Balaban J connectivity index is 1.67. The van der Waals surface area contributed by atoms with E-state index in [0.29, 0.717) is 19.0 Å². The molecule has 4 aliphatic carbocycles. The number of hydrogen-bond acceptors (Lipinski definition) is 9. The number of carbonyl (C=O) groups excluding carboxylic acids is 3. The summed E-state index contributed by atoms with van der Waals surface area (Å²) in [7, 11) is 2.89. The van der Waals surface area contributed by atoms with Crippen LogP contribution < -0.4 is 5.73 Å². The van der Waals surface area contributed by atoms with Gasteiger partial charge >= 0.3 is 6.18 Å². The normalized spacial score (nSPS) is 27.8. The number of alkyl halides is 3. The summed E-state index contributed by atoms with van der Waals surface area (Å²) in [5.74, 6) is -8.54. The molecule has 0 saturated heterocycles. The summed E-state index contributed by atoms with van der Waals surface area (Å²) in [5, 5.41) is 44.9. The highest BCUT2D eigenvalue weighted by molar-refractivity contribution is 6.24. The Labute approximate surface area is 246 Å². The van der Waals surface area contributed by atoms with Gasteiger partial charge in [0, 0.05) is 24.6 Å². The molecule has 4 aliphatic rings. The third kappa shape index (κ3) is 4.72. The molecule has 0 radical (unpaired) electrons. The maximum absolute atomic E-state index is 14.8. The van der Waals surface area contributed by atoms with Crippen LogP contribution in [-0.2, 0) is 33.5 Å². The molecule has 234 valence electrons. The predicted octanol–water partition coefficient (Wildman–Crippen LogP) is 2.60. The summed E-state index contributed by atoms with van der Waals surface area (Å²) in [5.41, 5.74) is -1.14. The van der Waals surface area contributed by atoms with Crippen LogP contribution in [0.25, 0.3) is 5.76 Å². The van der Waals surface area contributed by atoms with Gasteiger partial charge in [-0.3, -0.25) is 24.2 Å². The molecule has 2 fully saturated rings. The maximum atomic E-state index is 14.8. The second-order valence-electron chi connectivity index (χ2n) is 12.4. The van der Waals surface area contributed by atoms with Crippen LogP contribution in [0.3, 0.4) is 0 Å². The number of nitrogens with two attached hydrogens (primary N) is 1. The van der Waals surface area contributed by atoms with E-state index in [4.69, 9.17) is 5.73 Å². The lowest BCUT2D eigenvalue weighted by Crippen LogP contribution is -2.65. The van der Waals surface area contributed by atoms with Gasteiger partial charge in [-0.2, -0.15) is 13.2 Å². The number of phenolic OH excluding ortho intramolecular Hbond substituents is 1. The highest BCUT2D eigenvalue weighted by Crippen LogP contribution is 2.54. The summed E-state index contributed by atoms with van der Waals surface area (Å²) >= 11 is 0. The molecule has 1 aromatic rings. The van der Waals surface area contributed by atoms with Crippen LogP contribution in [0.15, 0.2) is 23.0 Å². The monoisotopic (exact) mass is 607 g/mol. The Morgan fingerprint density at radius 1 is 1.16 bits per heavy atom. The number of nitrogens with zero attached hydrogens (tertiary/aromatic N) is 2. The van der Waals surface area contributed by atoms with E-state index in [2.05, 4.69) is 0 Å². The van der Waals surface area contributed by atoms with E-state index < -0.39 is 93.1 Å². The predicted molar refractivity (Wildman–Crippen MR) is 148 cm³/mol. The number of carbonyl (C=O) groups is 3. The van der Waals surface area contributed by atoms with Gasteiger partial charge in [-0.25, -0.2) is 0 Å². The molecule has 0 bridgehead atoms. The SMILES string of the molecule is CCN(Cc1cc(O)c2c(c1C(F)(F)F)C[C@H]1C[C@H]3[C@H](N(C)C)C(=O)C(C(N)=O)=C(O)[C@@]3(O)C(=O)C1=C2O)CC1CCC1. The molecule has 2 saturated carbocycles. The van der Waals surface area contributed by atoms with Crippen LogP contribution in [0, 0.1) is 17.8 Å². The van der Waals surface area contributed by atoms with Gasteiger partial charge in [-0.05, 0) is 75.4 Å². The summed E-state index contributed by atoms with van der Waals surface area (Å²) in [6, 6.07) is -0.374. The van der Waals surface area contributed by atoms with Crippen LogP contribution in [-0.4, -0.2) is 86.5 Å². The third-order valence-electron chi connectivity index (χ3n) is 9.67. The molecular weight excluding hydrogens is 571 g/mol. The van der Waals surface area contributed by atoms with Crippen molar-refractivity contribution in [2.45, 2.75) is 63.4 Å². The van der Waals surface area contributed by atoms with Crippen molar-refractivity contribution < 1.29 is 48.0 Å². The van der Waals surface area contributed by atoms with E-state index in [0.717, 1.165) is 25.3 Å². The molecule has 43 heavy (non-hydrogen) atoms. The van der Waals surface area contributed by atoms with Gasteiger partial charge in [0.25, 0.3) is 5.91 Å². The summed E-state index contributed by atoms with van der Waals surface area (Å²) in [6.07, 6.45) is -2.51. The van der Waals surface area contributed by atoms with Crippen LogP contribution in [0.4, 0.5) is 13.2 Å². The zero-order valence-corrected chi connectivity index (χ0v) is 24.2. The second kappa shape index (κ2) is 10.6. The van der Waals surface area contributed by atoms with E-state index in [1.165, 1.54) is 19.0 Å². The van der Waals surface area contributed by atoms with Crippen molar-refractivity contribution in [3.8, 4) is 5.75 Å². The first-order valence-electron chi connectivity index (χ1n) is 14.4. The van der Waals surface area contributed by atoms with Gasteiger partial charge in [-0.15, -0.1) is 0 Å². The number of amides is 1. The van der Waals surface area contributed by atoms with Crippen molar-refractivity contribution in [3.63, 3.8) is 0 Å². The van der Waals surface area contributed by atoms with Gasteiger partial charge in [0.05, 0.1) is 17.2 Å². The number of benzene rings is 1. The van der Waals surface area contributed by atoms with Crippen LogP contribution >= 0.6 is 0 Å². The topological polar surface area (TPSA) is 165 Å². The minimum absolute atomic E-state index is 0.0856. The van der Waals surface area contributed by atoms with Crippen molar-refractivity contribution in [3.05, 3.63) is 45.2 Å². The largest absolute Gasteiger partial charge is 0.508 e.